The van der Waals surface area contributed by atoms with E-state index in [0.29, 0.717) is 22.9 Å². The Morgan fingerprint density at radius 1 is 1.31 bits per heavy atom. The standard InChI is InChI=1S/C13H15Cl2F/c14-10-4-1-3-9(7-10)8-11-12(15)5-2-6-13(11)16/h2,5-6,9-10H,1,3-4,7-8H2. The van der Waals surface area contributed by atoms with Crippen molar-refractivity contribution in [3.05, 3.63) is 34.6 Å². The van der Waals surface area contributed by atoms with Crippen LogP contribution in [0.3, 0.4) is 0 Å². The van der Waals surface area contributed by atoms with E-state index in [1.807, 2.05) is 0 Å². The van der Waals surface area contributed by atoms with E-state index in [-0.39, 0.29) is 11.2 Å². The van der Waals surface area contributed by atoms with E-state index >= 15 is 0 Å². The molecule has 1 fully saturated rings. The van der Waals surface area contributed by atoms with Gasteiger partial charge >= 0.3 is 0 Å². The van der Waals surface area contributed by atoms with Gasteiger partial charge in [0, 0.05) is 16.0 Å². The zero-order valence-corrected chi connectivity index (χ0v) is 10.6. The number of rotatable bonds is 2. The minimum absolute atomic E-state index is 0.191. The Balaban J connectivity index is 2.08. The molecule has 0 aliphatic heterocycles. The van der Waals surface area contributed by atoms with Crippen LogP contribution < -0.4 is 0 Å². The van der Waals surface area contributed by atoms with Crippen molar-refractivity contribution in [2.45, 2.75) is 37.5 Å². The second kappa shape index (κ2) is 5.37. The third kappa shape index (κ3) is 2.89. The van der Waals surface area contributed by atoms with E-state index in [4.69, 9.17) is 23.2 Å². The highest BCUT2D eigenvalue weighted by Gasteiger charge is 2.22. The predicted molar refractivity (Wildman–Crippen MR) is 66.7 cm³/mol. The molecule has 0 spiro atoms. The van der Waals surface area contributed by atoms with Gasteiger partial charge in [-0.1, -0.05) is 30.5 Å². The van der Waals surface area contributed by atoms with Crippen molar-refractivity contribution in [3.63, 3.8) is 0 Å². The summed E-state index contributed by atoms with van der Waals surface area (Å²) in [7, 11) is 0. The fourth-order valence-electron chi connectivity index (χ4n) is 2.43. The highest BCUT2D eigenvalue weighted by molar-refractivity contribution is 6.31. The Labute approximate surface area is 106 Å². The Morgan fingerprint density at radius 2 is 2.12 bits per heavy atom. The summed E-state index contributed by atoms with van der Waals surface area (Å²) >= 11 is 12.1. The van der Waals surface area contributed by atoms with Gasteiger partial charge in [0.1, 0.15) is 5.82 Å². The van der Waals surface area contributed by atoms with Crippen molar-refractivity contribution >= 4 is 23.2 Å². The molecule has 1 saturated carbocycles. The first-order valence-corrected chi connectivity index (χ1v) is 6.55. The molecule has 0 amide bonds. The first-order chi connectivity index (χ1) is 7.66. The lowest BCUT2D eigenvalue weighted by Crippen LogP contribution is -2.18. The van der Waals surface area contributed by atoms with Crippen molar-refractivity contribution < 1.29 is 4.39 Å². The molecule has 2 rings (SSSR count). The van der Waals surface area contributed by atoms with Gasteiger partial charge in [-0.2, -0.15) is 0 Å². The van der Waals surface area contributed by atoms with Crippen molar-refractivity contribution in [2.24, 2.45) is 5.92 Å². The SMILES string of the molecule is Fc1cccc(Cl)c1CC1CCCC(Cl)C1. The van der Waals surface area contributed by atoms with Crippen LogP contribution in [0.4, 0.5) is 4.39 Å². The molecule has 2 unspecified atom stereocenters. The van der Waals surface area contributed by atoms with Crippen LogP contribution in [0, 0.1) is 11.7 Å². The van der Waals surface area contributed by atoms with Gasteiger partial charge < -0.3 is 0 Å². The van der Waals surface area contributed by atoms with Crippen LogP contribution in [0.5, 0.6) is 0 Å². The number of benzene rings is 1. The highest BCUT2D eigenvalue weighted by atomic mass is 35.5. The summed E-state index contributed by atoms with van der Waals surface area (Å²) in [6.45, 7) is 0. The molecule has 0 nitrogen and oxygen atoms in total. The maximum absolute atomic E-state index is 13.6. The van der Waals surface area contributed by atoms with E-state index < -0.39 is 0 Å². The number of hydrogen-bond acceptors (Lipinski definition) is 0. The molecule has 1 aromatic carbocycles. The average molecular weight is 261 g/mol. The second-order valence-corrected chi connectivity index (χ2v) is 5.56. The quantitative estimate of drug-likeness (QED) is 0.669. The molecule has 3 heteroatoms. The Kier molecular flexibility index (Phi) is 4.10. The molecule has 2 atom stereocenters. The Hall–Kier alpha value is -0.270. The van der Waals surface area contributed by atoms with Crippen LogP contribution in [0.15, 0.2) is 18.2 Å². The molecule has 0 aromatic heterocycles. The monoisotopic (exact) mass is 260 g/mol. The van der Waals surface area contributed by atoms with Crippen molar-refractivity contribution in [1.82, 2.24) is 0 Å². The Bertz CT molecular complexity index is 345. The predicted octanol–water partition coefficient (Wildman–Crippen LogP) is 4.82. The molecule has 0 heterocycles. The molecule has 1 aliphatic rings. The van der Waals surface area contributed by atoms with E-state index in [9.17, 15) is 4.39 Å². The third-order valence-corrected chi connectivity index (χ3v) is 4.02. The highest BCUT2D eigenvalue weighted by Crippen LogP contribution is 2.32. The van der Waals surface area contributed by atoms with Gasteiger partial charge in [0.2, 0.25) is 0 Å². The number of halogens is 3. The summed E-state index contributed by atoms with van der Waals surface area (Å²) in [6.07, 6.45) is 5.06. The average Bonchev–Trinajstić information content (AvgIpc) is 2.24. The van der Waals surface area contributed by atoms with Gasteiger partial charge in [0.05, 0.1) is 0 Å². The van der Waals surface area contributed by atoms with Crippen LogP contribution in [-0.2, 0) is 6.42 Å². The summed E-state index contributed by atoms with van der Waals surface area (Å²) in [5, 5.41) is 0.793. The normalized spacial score (nSPS) is 25.7. The number of alkyl halides is 1. The van der Waals surface area contributed by atoms with Gasteiger partial charge in [-0.05, 0) is 37.3 Å². The van der Waals surface area contributed by atoms with Crippen molar-refractivity contribution in [1.29, 1.82) is 0 Å². The molecule has 1 aliphatic carbocycles. The summed E-state index contributed by atoms with van der Waals surface area (Å²) in [6, 6.07) is 4.87. The molecule has 16 heavy (non-hydrogen) atoms. The van der Waals surface area contributed by atoms with E-state index in [2.05, 4.69) is 0 Å². The Morgan fingerprint density at radius 3 is 2.81 bits per heavy atom. The molecular weight excluding hydrogens is 246 g/mol. The summed E-state index contributed by atoms with van der Waals surface area (Å²) in [5.74, 6) is 0.287. The van der Waals surface area contributed by atoms with Gasteiger partial charge in [-0.25, -0.2) is 4.39 Å². The molecule has 0 saturated heterocycles. The van der Waals surface area contributed by atoms with Crippen molar-refractivity contribution in [2.75, 3.05) is 0 Å². The fourth-order valence-corrected chi connectivity index (χ4v) is 3.07. The van der Waals surface area contributed by atoms with E-state index in [0.717, 1.165) is 25.7 Å². The lowest BCUT2D eigenvalue weighted by atomic mass is 9.84. The van der Waals surface area contributed by atoms with Crippen LogP contribution in [0.1, 0.15) is 31.2 Å². The van der Waals surface area contributed by atoms with Gasteiger partial charge in [-0.15, -0.1) is 11.6 Å². The topological polar surface area (TPSA) is 0 Å². The molecule has 0 radical (unpaired) electrons. The first-order valence-electron chi connectivity index (χ1n) is 5.73. The van der Waals surface area contributed by atoms with Gasteiger partial charge in [0.25, 0.3) is 0 Å². The largest absolute Gasteiger partial charge is 0.207 e. The maximum Gasteiger partial charge on any atom is 0.127 e. The van der Waals surface area contributed by atoms with Crippen LogP contribution >= 0.6 is 23.2 Å². The van der Waals surface area contributed by atoms with Crippen molar-refractivity contribution in [3.8, 4) is 0 Å². The molecule has 1 aromatic rings. The smallest absolute Gasteiger partial charge is 0.127 e. The van der Waals surface area contributed by atoms with Gasteiger partial charge in [0.15, 0.2) is 0 Å². The summed E-state index contributed by atoms with van der Waals surface area (Å²) in [4.78, 5) is 0. The molecule has 0 N–H and O–H groups in total. The lowest BCUT2D eigenvalue weighted by Gasteiger charge is -2.25. The third-order valence-electron chi connectivity index (χ3n) is 3.27. The summed E-state index contributed by atoms with van der Waals surface area (Å²) in [5.41, 5.74) is 0.653. The maximum atomic E-state index is 13.6. The minimum atomic E-state index is -0.191. The van der Waals surface area contributed by atoms with Crippen LogP contribution in [-0.4, -0.2) is 5.38 Å². The van der Waals surface area contributed by atoms with E-state index in [1.54, 1.807) is 12.1 Å². The minimum Gasteiger partial charge on any atom is -0.207 e. The zero-order valence-electron chi connectivity index (χ0n) is 9.06. The lowest BCUT2D eigenvalue weighted by molar-refractivity contribution is 0.357. The second-order valence-electron chi connectivity index (χ2n) is 4.53. The zero-order chi connectivity index (χ0) is 11.5. The molecule has 88 valence electrons. The molecule has 0 bridgehead atoms. The molecular formula is C13H15Cl2F. The van der Waals surface area contributed by atoms with Crippen LogP contribution in [0.25, 0.3) is 0 Å². The van der Waals surface area contributed by atoms with E-state index in [1.165, 1.54) is 6.07 Å². The number of hydrogen-bond donors (Lipinski definition) is 0. The van der Waals surface area contributed by atoms with Gasteiger partial charge in [-0.3, -0.25) is 0 Å². The fraction of sp³-hybridized carbons (Fsp3) is 0.538. The van der Waals surface area contributed by atoms with Crippen LogP contribution in [0.2, 0.25) is 5.02 Å². The first kappa shape index (κ1) is 12.2. The summed E-state index contributed by atoms with van der Waals surface area (Å²) < 4.78 is 13.6.